The number of benzene rings is 3. The lowest BCUT2D eigenvalue weighted by Gasteiger charge is -2.17. The first-order chi connectivity index (χ1) is 18.2. The molecule has 2 N–H and O–H groups in total. The van der Waals surface area contributed by atoms with Crippen molar-refractivity contribution in [1.82, 2.24) is 5.32 Å². The van der Waals surface area contributed by atoms with Gasteiger partial charge in [0.05, 0.1) is 22.8 Å². The maximum atomic E-state index is 15.2. The third-order valence-electron chi connectivity index (χ3n) is 6.31. The lowest BCUT2D eigenvalue weighted by atomic mass is 9.99. The van der Waals surface area contributed by atoms with Crippen LogP contribution < -0.4 is 20.3 Å². The summed E-state index contributed by atoms with van der Waals surface area (Å²) in [6.07, 6.45) is 0.549. The molecule has 3 aromatic carbocycles. The number of amides is 2. The second kappa shape index (κ2) is 11.1. The number of halogens is 1. The summed E-state index contributed by atoms with van der Waals surface area (Å²) in [4.78, 5) is 40.1. The first-order valence-corrected chi connectivity index (χ1v) is 12.1. The average molecular weight is 515 g/mol. The molecule has 0 saturated heterocycles. The summed E-state index contributed by atoms with van der Waals surface area (Å²) < 4.78 is 20.9. The Hall–Kier alpha value is -4.71. The zero-order chi connectivity index (χ0) is 27.4. The van der Waals surface area contributed by atoms with Gasteiger partial charge in [-0.15, -0.1) is 0 Å². The summed E-state index contributed by atoms with van der Waals surface area (Å²) in [7, 11) is 3.68. The number of carbonyl (C=O) groups is 3. The highest BCUT2D eigenvalue weighted by Crippen LogP contribution is 2.47. The van der Waals surface area contributed by atoms with Crippen LogP contribution in [0.1, 0.15) is 57.5 Å². The van der Waals surface area contributed by atoms with Gasteiger partial charge in [-0.25, -0.2) is 14.0 Å². The quantitative estimate of drug-likeness (QED) is 0.241. The van der Waals surface area contributed by atoms with Crippen molar-refractivity contribution in [3.8, 4) is 11.8 Å². The molecule has 9 heteroatoms. The van der Waals surface area contributed by atoms with Crippen molar-refractivity contribution >= 4 is 29.2 Å². The van der Waals surface area contributed by atoms with Crippen molar-refractivity contribution in [3.63, 3.8) is 0 Å². The monoisotopic (exact) mass is 514 g/mol. The van der Waals surface area contributed by atoms with E-state index in [2.05, 4.69) is 10.6 Å². The van der Waals surface area contributed by atoms with Crippen molar-refractivity contribution < 1.29 is 23.5 Å². The highest BCUT2D eigenvalue weighted by Gasteiger charge is 2.44. The maximum absolute atomic E-state index is 15.2. The summed E-state index contributed by atoms with van der Waals surface area (Å²) >= 11 is 0. The number of esters is 1. The van der Waals surface area contributed by atoms with Crippen molar-refractivity contribution in [2.75, 3.05) is 24.3 Å². The SMILES string of the molecule is CCC(=O)c1ccc(F)c(C2CC2NC(=O)Nc2ccc(C#N)cc2)c1OC(=O)c1cccc(N(C)C)c1. The number of urea groups is 1. The predicted molar refractivity (Wildman–Crippen MR) is 141 cm³/mol. The largest absolute Gasteiger partial charge is 0.422 e. The van der Waals surface area contributed by atoms with Gasteiger partial charge < -0.3 is 20.3 Å². The van der Waals surface area contributed by atoms with E-state index in [9.17, 15) is 14.4 Å². The van der Waals surface area contributed by atoms with Gasteiger partial charge in [0, 0.05) is 49.4 Å². The molecule has 0 aliphatic heterocycles. The molecule has 4 rings (SSSR count). The summed E-state index contributed by atoms with van der Waals surface area (Å²) in [6.45, 7) is 1.67. The fourth-order valence-electron chi connectivity index (χ4n) is 4.14. The van der Waals surface area contributed by atoms with Crippen LogP contribution in [0.25, 0.3) is 0 Å². The Kier molecular flexibility index (Phi) is 7.72. The summed E-state index contributed by atoms with van der Waals surface area (Å²) in [5, 5.41) is 14.4. The number of rotatable bonds is 8. The van der Waals surface area contributed by atoms with E-state index in [0.29, 0.717) is 17.7 Å². The molecule has 2 unspecified atom stereocenters. The lowest BCUT2D eigenvalue weighted by Crippen LogP contribution is -2.31. The van der Waals surface area contributed by atoms with Crippen molar-refractivity contribution in [2.45, 2.75) is 31.7 Å². The second-order valence-electron chi connectivity index (χ2n) is 9.19. The van der Waals surface area contributed by atoms with Gasteiger partial charge in [-0.3, -0.25) is 4.79 Å². The lowest BCUT2D eigenvalue weighted by molar-refractivity contribution is 0.0730. The minimum Gasteiger partial charge on any atom is -0.422 e. The van der Waals surface area contributed by atoms with Gasteiger partial charge in [-0.05, 0) is 61.0 Å². The zero-order valence-electron chi connectivity index (χ0n) is 21.2. The molecule has 1 fully saturated rings. The molecule has 0 heterocycles. The topological polar surface area (TPSA) is 112 Å². The molecule has 1 saturated carbocycles. The molecule has 0 radical (unpaired) electrons. The van der Waals surface area contributed by atoms with E-state index < -0.39 is 29.8 Å². The minimum atomic E-state index is -0.713. The molecular weight excluding hydrogens is 487 g/mol. The van der Waals surface area contributed by atoms with E-state index >= 15 is 4.39 Å². The Morgan fingerprint density at radius 1 is 1.11 bits per heavy atom. The number of Topliss-reactive ketones (excluding diaryl/α,β-unsaturated/α-hetero) is 1. The molecule has 8 nitrogen and oxygen atoms in total. The van der Waals surface area contributed by atoms with E-state index in [1.54, 1.807) is 49.4 Å². The van der Waals surface area contributed by atoms with Crippen LogP contribution in [0.3, 0.4) is 0 Å². The molecular formula is C29H27FN4O4. The molecule has 1 aliphatic carbocycles. The maximum Gasteiger partial charge on any atom is 0.343 e. The van der Waals surface area contributed by atoms with Crippen LogP contribution in [-0.4, -0.2) is 37.9 Å². The number of hydrogen-bond acceptors (Lipinski definition) is 6. The van der Waals surface area contributed by atoms with Gasteiger partial charge in [0.25, 0.3) is 0 Å². The van der Waals surface area contributed by atoms with Gasteiger partial charge in [-0.1, -0.05) is 13.0 Å². The molecule has 194 valence electrons. The van der Waals surface area contributed by atoms with Crippen molar-refractivity contribution in [1.29, 1.82) is 5.26 Å². The van der Waals surface area contributed by atoms with Crippen LogP contribution >= 0.6 is 0 Å². The van der Waals surface area contributed by atoms with Crippen molar-refractivity contribution in [2.24, 2.45) is 0 Å². The molecule has 0 aromatic heterocycles. The molecule has 2 amide bonds. The molecule has 0 bridgehead atoms. The van der Waals surface area contributed by atoms with Crippen LogP contribution in [0.15, 0.2) is 60.7 Å². The van der Waals surface area contributed by atoms with E-state index in [4.69, 9.17) is 10.00 Å². The van der Waals surface area contributed by atoms with Gasteiger partial charge in [0.2, 0.25) is 0 Å². The van der Waals surface area contributed by atoms with Crippen LogP contribution in [0.4, 0.5) is 20.6 Å². The summed E-state index contributed by atoms with van der Waals surface area (Å²) in [6, 6.07) is 16.7. The normalized spacial score (nSPS) is 15.7. The van der Waals surface area contributed by atoms with Gasteiger partial charge in [0.1, 0.15) is 11.6 Å². The Bertz CT molecular complexity index is 1430. The first-order valence-electron chi connectivity index (χ1n) is 12.1. The number of carbonyl (C=O) groups excluding carboxylic acids is 3. The highest BCUT2D eigenvalue weighted by molar-refractivity contribution is 6.01. The van der Waals surface area contributed by atoms with Gasteiger partial charge in [-0.2, -0.15) is 5.26 Å². The minimum absolute atomic E-state index is 0.0880. The van der Waals surface area contributed by atoms with Crippen LogP contribution in [-0.2, 0) is 0 Å². The Labute approximate surface area is 220 Å². The van der Waals surface area contributed by atoms with Gasteiger partial charge in [0.15, 0.2) is 5.78 Å². The zero-order valence-corrected chi connectivity index (χ0v) is 21.2. The third kappa shape index (κ3) is 5.81. The number of ether oxygens (including phenoxy) is 1. The number of nitriles is 1. The van der Waals surface area contributed by atoms with E-state index in [-0.39, 0.29) is 34.6 Å². The number of hydrogen-bond donors (Lipinski definition) is 2. The number of nitrogens with one attached hydrogen (secondary N) is 2. The average Bonchev–Trinajstić information content (AvgIpc) is 3.66. The molecule has 2 atom stereocenters. The third-order valence-corrected chi connectivity index (χ3v) is 6.31. The van der Waals surface area contributed by atoms with Crippen LogP contribution in [0.2, 0.25) is 0 Å². The molecule has 3 aromatic rings. The smallest absolute Gasteiger partial charge is 0.343 e. The first kappa shape index (κ1) is 26.4. The standard InChI is InChI=1S/C29H27FN4O4/c1-4-25(35)21-12-13-23(30)26(27(21)38-28(36)18-6-5-7-20(14-18)34(2)3)22-15-24(22)33-29(37)32-19-10-8-17(16-31)9-11-19/h5-14,22,24H,4,15H2,1-3H3,(H2,32,33,37). The number of anilines is 2. The fraction of sp³-hybridized carbons (Fsp3) is 0.241. The molecule has 38 heavy (non-hydrogen) atoms. The summed E-state index contributed by atoms with van der Waals surface area (Å²) in [5.74, 6) is -2.22. The molecule has 1 aliphatic rings. The fourth-order valence-corrected chi connectivity index (χ4v) is 4.14. The Morgan fingerprint density at radius 3 is 2.50 bits per heavy atom. The summed E-state index contributed by atoms with van der Waals surface area (Å²) in [5.41, 5.74) is 2.21. The van der Waals surface area contributed by atoms with Gasteiger partial charge >= 0.3 is 12.0 Å². The Morgan fingerprint density at radius 2 is 1.84 bits per heavy atom. The van der Waals surface area contributed by atoms with E-state index in [0.717, 1.165) is 5.69 Å². The van der Waals surface area contributed by atoms with Crippen molar-refractivity contribution in [3.05, 3.63) is 88.7 Å². The Balaban J connectivity index is 1.57. The number of ketones is 1. The molecule has 0 spiro atoms. The second-order valence-corrected chi connectivity index (χ2v) is 9.19. The predicted octanol–water partition coefficient (Wildman–Crippen LogP) is 5.25. The van der Waals surface area contributed by atoms with Crippen LogP contribution in [0, 0.1) is 17.1 Å². The van der Waals surface area contributed by atoms with E-state index in [1.807, 2.05) is 31.1 Å². The van der Waals surface area contributed by atoms with E-state index in [1.165, 1.54) is 12.1 Å². The number of nitrogens with zero attached hydrogens (tertiary/aromatic N) is 2. The van der Waals surface area contributed by atoms with Crippen LogP contribution in [0.5, 0.6) is 5.75 Å². The highest BCUT2D eigenvalue weighted by atomic mass is 19.1.